The van der Waals surface area contributed by atoms with Gasteiger partial charge in [0.2, 0.25) is 5.91 Å². The molecule has 0 saturated heterocycles. The lowest BCUT2D eigenvalue weighted by Gasteiger charge is -2.32. The van der Waals surface area contributed by atoms with Crippen molar-refractivity contribution in [3.8, 4) is 0 Å². The summed E-state index contributed by atoms with van der Waals surface area (Å²) in [5, 5.41) is 11.9. The predicted octanol–water partition coefficient (Wildman–Crippen LogP) is 3.85. The quantitative estimate of drug-likeness (QED) is 0.449. The van der Waals surface area contributed by atoms with Crippen molar-refractivity contribution in [1.82, 2.24) is 4.90 Å². The van der Waals surface area contributed by atoms with Gasteiger partial charge in [0.05, 0.1) is 10.6 Å². The molecule has 15 heteroatoms. The number of carbonyl (C=O) groups excluding carboxylic acids is 2. The fourth-order valence-corrected chi connectivity index (χ4v) is 6.27. The largest absolute Gasteiger partial charge is 0.430 e. The standard InChI is InChI=1S/C25H24F6N2O6S/c1-39-12-20(34)33-11-15-10-18(40(37,38)13-14-2-3-14)8-9-19(15)21(33)22(35)32-17-6-4-16(5-7-17)23(36,24(26,27)28)25(29,30)31/h4-10,14,21,36H,2-3,11-13H2,1H3,(H,32,35). The summed E-state index contributed by atoms with van der Waals surface area (Å²) in [6.07, 6.45) is -10.5. The maximum Gasteiger partial charge on any atom is 0.430 e. The number of halogens is 6. The van der Waals surface area contributed by atoms with Crippen LogP contribution >= 0.6 is 0 Å². The van der Waals surface area contributed by atoms with E-state index in [2.05, 4.69) is 5.32 Å². The number of alkyl halides is 6. The van der Waals surface area contributed by atoms with Crippen molar-refractivity contribution in [3.63, 3.8) is 0 Å². The molecule has 2 aromatic carbocycles. The van der Waals surface area contributed by atoms with Crippen molar-refractivity contribution in [2.24, 2.45) is 5.92 Å². The van der Waals surface area contributed by atoms with E-state index in [1.807, 2.05) is 0 Å². The van der Waals surface area contributed by atoms with Crippen LogP contribution in [0, 0.1) is 5.92 Å². The van der Waals surface area contributed by atoms with Crippen molar-refractivity contribution in [2.45, 2.75) is 48.3 Å². The topological polar surface area (TPSA) is 113 Å². The molecule has 1 saturated carbocycles. The molecule has 2 amide bonds. The van der Waals surface area contributed by atoms with Gasteiger partial charge in [-0.3, -0.25) is 9.59 Å². The molecule has 1 aliphatic heterocycles. The van der Waals surface area contributed by atoms with Gasteiger partial charge in [0.25, 0.3) is 11.5 Å². The van der Waals surface area contributed by atoms with Crippen molar-refractivity contribution in [3.05, 3.63) is 59.2 Å². The Morgan fingerprint density at radius 2 is 1.62 bits per heavy atom. The zero-order valence-electron chi connectivity index (χ0n) is 20.8. The highest BCUT2D eigenvalue weighted by Gasteiger charge is 2.71. The Kier molecular flexibility index (Phi) is 7.71. The lowest BCUT2D eigenvalue weighted by atomic mass is 9.92. The molecule has 2 N–H and O–H groups in total. The van der Waals surface area contributed by atoms with Gasteiger partial charge in [0.1, 0.15) is 12.6 Å². The Labute approximate surface area is 224 Å². The van der Waals surface area contributed by atoms with Gasteiger partial charge in [0.15, 0.2) is 9.84 Å². The summed E-state index contributed by atoms with van der Waals surface area (Å²) in [6.45, 7) is -0.543. The molecule has 8 nitrogen and oxygen atoms in total. The molecular formula is C25H24F6N2O6S. The minimum Gasteiger partial charge on any atom is -0.375 e. The highest BCUT2D eigenvalue weighted by atomic mass is 32.2. The van der Waals surface area contributed by atoms with E-state index in [9.17, 15) is 49.5 Å². The highest BCUT2D eigenvalue weighted by molar-refractivity contribution is 7.91. The molecule has 1 heterocycles. The molecule has 2 aromatic rings. The molecule has 0 spiro atoms. The van der Waals surface area contributed by atoms with Crippen molar-refractivity contribution in [2.75, 3.05) is 24.8 Å². The van der Waals surface area contributed by atoms with Gasteiger partial charge >= 0.3 is 12.4 Å². The van der Waals surface area contributed by atoms with Crippen LogP contribution in [0.2, 0.25) is 0 Å². The van der Waals surface area contributed by atoms with Gasteiger partial charge in [-0.2, -0.15) is 26.3 Å². The van der Waals surface area contributed by atoms with Gasteiger partial charge in [-0.05, 0) is 54.2 Å². The summed E-state index contributed by atoms with van der Waals surface area (Å²) < 4.78 is 109. The lowest BCUT2D eigenvalue weighted by Crippen LogP contribution is -2.53. The number of hydrogen-bond acceptors (Lipinski definition) is 6. The number of sulfone groups is 1. The van der Waals surface area contributed by atoms with E-state index in [4.69, 9.17) is 4.74 Å². The Hall–Kier alpha value is -3.17. The summed E-state index contributed by atoms with van der Waals surface area (Å²) in [6, 6.07) is 5.08. The second-order valence-corrected chi connectivity index (χ2v) is 11.7. The van der Waals surface area contributed by atoms with Gasteiger partial charge in [-0.25, -0.2) is 8.42 Å². The molecule has 2 aliphatic rings. The number of rotatable bonds is 8. The Bertz CT molecular complexity index is 1390. The van der Waals surface area contributed by atoms with E-state index in [0.717, 1.165) is 29.9 Å². The van der Waals surface area contributed by atoms with Crippen LogP contribution in [-0.4, -0.2) is 62.1 Å². The predicted molar refractivity (Wildman–Crippen MR) is 127 cm³/mol. The molecule has 0 bridgehead atoms. The second kappa shape index (κ2) is 10.3. The number of ether oxygens (including phenoxy) is 1. The van der Waals surface area contributed by atoms with E-state index in [0.29, 0.717) is 23.3 Å². The fraction of sp³-hybridized carbons (Fsp3) is 0.440. The summed E-state index contributed by atoms with van der Waals surface area (Å²) in [5.41, 5.74) is -6.16. The summed E-state index contributed by atoms with van der Waals surface area (Å²) >= 11 is 0. The van der Waals surface area contributed by atoms with E-state index in [1.54, 1.807) is 0 Å². The maximum absolute atomic E-state index is 13.3. The van der Waals surface area contributed by atoms with E-state index < -0.39 is 57.8 Å². The van der Waals surface area contributed by atoms with Crippen LogP contribution in [0.5, 0.6) is 0 Å². The van der Waals surface area contributed by atoms with Crippen LogP contribution in [0.4, 0.5) is 32.0 Å². The van der Waals surface area contributed by atoms with Crippen molar-refractivity contribution < 1.29 is 54.2 Å². The molecule has 40 heavy (non-hydrogen) atoms. The number of fused-ring (bicyclic) bond motifs is 1. The maximum atomic E-state index is 13.3. The smallest absolute Gasteiger partial charge is 0.375 e. The van der Waals surface area contributed by atoms with Crippen LogP contribution in [-0.2, 0) is 36.3 Å². The number of amides is 2. The highest BCUT2D eigenvalue weighted by Crippen LogP contribution is 2.50. The number of nitrogens with one attached hydrogen (secondary N) is 1. The second-order valence-electron chi connectivity index (χ2n) is 9.72. The molecule has 0 aromatic heterocycles. The van der Waals surface area contributed by atoms with Gasteiger partial charge in [-0.15, -0.1) is 0 Å². The summed E-state index contributed by atoms with van der Waals surface area (Å²) in [7, 11) is -2.35. The molecule has 1 fully saturated rings. The van der Waals surface area contributed by atoms with Crippen LogP contribution < -0.4 is 5.32 Å². The van der Waals surface area contributed by atoms with Crippen LogP contribution in [0.1, 0.15) is 35.6 Å². The molecule has 1 atom stereocenters. The first kappa shape index (κ1) is 29.8. The van der Waals surface area contributed by atoms with E-state index >= 15 is 0 Å². The SMILES string of the molecule is COCC(=O)N1Cc2cc(S(=O)(=O)CC3CC3)ccc2C1C(=O)Nc1ccc(C(O)(C(F)(F)F)C(F)(F)F)cc1. The van der Waals surface area contributed by atoms with Crippen LogP contribution in [0.3, 0.4) is 0 Å². The third-order valence-corrected chi connectivity index (χ3v) is 8.68. The molecular weight excluding hydrogens is 570 g/mol. The molecule has 1 aliphatic carbocycles. The van der Waals surface area contributed by atoms with E-state index in [-0.39, 0.29) is 28.8 Å². The lowest BCUT2D eigenvalue weighted by molar-refractivity contribution is -0.376. The molecule has 218 valence electrons. The number of nitrogens with zero attached hydrogens (tertiary/aromatic N) is 1. The summed E-state index contributed by atoms with van der Waals surface area (Å²) in [5.74, 6) is -1.40. The fourth-order valence-electron chi connectivity index (χ4n) is 4.53. The molecule has 0 radical (unpaired) electrons. The number of anilines is 1. The average molecular weight is 595 g/mol. The van der Waals surface area contributed by atoms with Gasteiger partial charge in [0, 0.05) is 24.9 Å². The average Bonchev–Trinajstić information content (AvgIpc) is 3.57. The first-order valence-corrected chi connectivity index (χ1v) is 13.6. The van der Waals surface area contributed by atoms with E-state index in [1.165, 1.54) is 25.3 Å². The Balaban J connectivity index is 1.62. The zero-order valence-corrected chi connectivity index (χ0v) is 21.7. The zero-order chi connectivity index (χ0) is 29.7. The third-order valence-electron chi connectivity index (χ3n) is 6.80. The minimum absolute atomic E-state index is 0.0180. The first-order valence-electron chi connectivity index (χ1n) is 11.9. The summed E-state index contributed by atoms with van der Waals surface area (Å²) in [4.78, 5) is 27.1. The number of benzene rings is 2. The Morgan fingerprint density at radius 3 is 2.15 bits per heavy atom. The first-order chi connectivity index (χ1) is 18.5. The van der Waals surface area contributed by atoms with Crippen LogP contribution in [0.15, 0.2) is 47.4 Å². The number of aliphatic hydroxyl groups is 1. The monoisotopic (exact) mass is 594 g/mol. The van der Waals surface area contributed by atoms with Crippen LogP contribution in [0.25, 0.3) is 0 Å². The number of carbonyl (C=O) groups is 2. The molecule has 1 unspecified atom stereocenters. The third kappa shape index (κ3) is 5.54. The number of hydrogen-bond donors (Lipinski definition) is 2. The normalized spacial score (nSPS) is 18.0. The number of methoxy groups -OCH3 is 1. The van der Waals surface area contributed by atoms with Gasteiger partial charge < -0.3 is 20.1 Å². The molecule has 4 rings (SSSR count). The van der Waals surface area contributed by atoms with Gasteiger partial charge in [-0.1, -0.05) is 18.2 Å². The van der Waals surface area contributed by atoms with Crippen molar-refractivity contribution >= 4 is 27.3 Å². The van der Waals surface area contributed by atoms with Crippen molar-refractivity contribution in [1.29, 1.82) is 0 Å². The Morgan fingerprint density at radius 1 is 1.02 bits per heavy atom. The minimum atomic E-state index is -6.07.